The second kappa shape index (κ2) is 6.41. The molecule has 0 fully saturated rings. The molecule has 1 heterocycles. The summed E-state index contributed by atoms with van der Waals surface area (Å²) in [5.41, 5.74) is 2.27. The zero-order valence-corrected chi connectivity index (χ0v) is 15.2. The van der Waals surface area contributed by atoms with E-state index in [-0.39, 0.29) is 5.60 Å². The van der Waals surface area contributed by atoms with Crippen LogP contribution in [-0.4, -0.2) is 11.2 Å². The van der Waals surface area contributed by atoms with Crippen molar-refractivity contribution in [1.82, 2.24) is 4.57 Å². The Labute approximate surface area is 134 Å². The zero-order valence-electron chi connectivity index (χ0n) is 15.2. The Morgan fingerprint density at radius 2 is 1.77 bits per heavy atom. The molecule has 2 aromatic rings. The fraction of sp³-hybridized carbons (Fsp3) is 0.632. The number of hydrogen-bond donors (Lipinski definition) is 0. The van der Waals surface area contributed by atoms with E-state index in [0.29, 0.717) is 18.7 Å². The molecule has 0 bridgehead atoms. The Morgan fingerprint density at radius 3 is 2.32 bits per heavy atom. The lowest BCUT2D eigenvalue weighted by Crippen LogP contribution is -2.47. The number of fused-ring (bicyclic) bond motifs is 1. The number of para-hydroxylation sites is 2. The van der Waals surface area contributed by atoms with Gasteiger partial charge < -0.3 is 4.74 Å². The van der Waals surface area contributed by atoms with Crippen molar-refractivity contribution in [2.75, 3.05) is 6.61 Å². The summed E-state index contributed by atoms with van der Waals surface area (Å²) in [6.45, 7) is 16.2. The van der Waals surface area contributed by atoms with E-state index >= 15 is 0 Å². The minimum atomic E-state index is -0.318. The number of imidazole rings is 1. The molecule has 1 atom stereocenters. The smallest absolute Gasteiger partial charge is 0.290 e. The van der Waals surface area contributed by atoms with Gasteiger partial charge in [-0.1, -0.05) is 19.1 Å². The molecule has 22 heavy (non-hydrogen) atoms. The molecule has 0 saturated carbocycles. The fourth-order valence-electron chi connectivity index (χ4n) is 3.37. The Morgan fingerprint density at radius 1 is 1.14 bits per heavy atom. The molecule has 2 rings (SSSR count). The van der Waals surface area contributed by atoms with E-state index in [0.717, 1.165) is 6.42 Å². The first kappa shape index (κ1) is 17.0. The maximum Gasteiger partial charge on any atom is 0.290 e. The molecule has 0 N–H and O–H groups in total. The van der Waals surface area contributed by atoms with Gasteiger partial charge in [-0.05, 0) is 60.1 Å². The lowest BCUT2D eigenvalue weighted by Gasteiger charge is -2.25. The van der Waals surface area contributed by atoms with Crippen LogP contribution in [0.25, 0.3) is 11.0 Å². The van der Waals surface area contributed by atoms with E-state index < -0.39 is 0 Å². The molecular weight excluding hydrogens is 272 g/mol. The van der Waals surface area contributed by atoms with Crippen LogP contribution in [0.1, 0.15) is 72.8 Å². The van der Waals surface area contributed by atoms with Crippen LogP contribution in [-0.2, 0) is 10.3 Å². The van der Waals surface area contributed by atoms with Crippen molar-refractivity contribution in [3.05, 3.63) is 30.1 Å². The summed E-state index contributed by atoms with van der Waals surface area (Å²) in [6.07, 6.45) is 1.10. The fourth-order valence-corrected chi connectivity index (χ4v) is 3.37. The SMILES string of the molecule is CCOC(C)(C)c1n(C(C)C)c2ccccc2[n+]1C(C)CC. The third-order valence-electron chi connectivity index (χ3n) is 4.45. The molecule has 0 spiro atoms. The highest BCUT2D eigenvalue weighted by Crippen LogP contribution is 2.31. The average molecular weight is 303 g/mol. The van der Waals surface area contributed by atoms with E-state index in [1.54, 1.807) is 0 Å². The number of nitrogens with zero attached hydrogens (tertiary/aromatic N) is 2. The van der Waals surface area contributed by atoms with Crippen LogP contribution in [0.15, 0.2) is 24.3 Å². The first-order valence-electron chi connectivity index (χ1n) is 8.54. The lowest BCUT2D eigenvalue weighted by atomic mass is 10.1. The van der Waals surface area contributed by atoms with Gasteiger partial charge in [-0.15, -0.1) is 0 Å². The van der Waals surface area contributed by atoms with Gasteiger partial charge in [-0.3, -0.25) is 0 Å². The Kier molecular flexibility index (Phi) is 4.96. The van der Waals surface area contributed by atoms with Crippen LogP contribution < -0.4 is 4.57 Å². The van der Waals surface area contributed by atoms with E-state index in [1.807, 2.05) is 0 Å². The third kappa shape index (κ3) is 2.79. The van der Waals surface area contributed by atoms with Gasteiger partial charge in [-0.2, -0.15) is 0 Å². The van der Waals surface area contributed by atoms with Crippen molar-refractivity contribution in [2.45, 2.75) is 72.6 Å². The summed E-state index contributed by atoms with van der Waals surface area (Å²) < 4.78 is 11.0. The quantitative estimate of drug-likeness (QED) is 0.704. The van der Waals surface area contributed by atoms with Crippen LogP contribution in [0.2, 0.25) is 0 Å². The van der Waals surface area contributed by atoms with E-state index in [2.05, 4.69) is 81.9 Å². The molecule has 122 valence electrons. The first-order valence-corrected chi connectivity index (χ1v) is 8.54. The summed E-state index contributed by atoms with van der Waals surface area (Å²) in [6, 6.07) is 9.54. The van der Waals surface area contributed by atoms with Crippen LogP contribution in [0.5, 0.6) is 0 Å². The second-order valence-corrected chi connectivity index (χ2v) is 6.85. The normalized spacial score (nSPS) is 14.0. The van der Waals surface area contributed by atoms with Gasteiger partial charge in [-0.25, -0.2) is 9.13 Å². The van der Waals surface area contributed by atoms with Gasteiger partial charge in [0.05, 0.1) is 12.1 Å². The molecule has 1 unspecified atom stereocenters. The molecule has 0 saturated heterocycles. The summed E-state index contributed by atoms with van der Waals surface area (Å²) in [5, 5.41) is 0. The van der Waals surface area contributed by atoms with E-state index in [1.165, 1.54) is 16.9 Å². The van der Waals surface area contributed by atoms with Gasteiger partial charge in [0, 0.05) is 6.61 Å². The summed E-state index contributed by atoms with van der Waals surface area (Å²) in [4.78, 5) is 0. The monoisotopic (exact) mass is 303 g/mol. The van der Waals surface area contributed by atoms with Gasteiger partial charge >= 0.3 is 0 Å². The van der Waals surface area contributed by atoms with Crippen molar-refractivity contribution >= 4 is 11.0 Å². The summed E-state index contributed by atoms with van der Waals surface area (Å²) in [5.74, 6) is 1.26. The van der Waals surface area contributed by atoms with Crippen molar-refractivity contribution in [3.8, 4) is 0 Å². The van der Waals surface area contributed by atoms with Crippen molar-refractivity contribution < 1.29 is 9.30 Å². The molecule has 0 aliphatic carbocycles. The average Bonchev–Trinajstić information content (AvgIpc) is 2.82. The van der Waals surface area contributed by atoms with Crippen molar-refractivity contribution in [2.24, 2.45) is 0 Å². The minimum absolute atomic E-state index is 0.318. The van der Waals surface area contributed by atoms with E-state index in [4.69, 9.17) is 4.74 Å². The second-order valence-electron chi connectivity index (χ2n) is 6.85. The number of aromatic nitrogens is 2. The maximum absolute atomic E-state index is 6.13. The predicted molar refractivity (Wildman–Crippen MR) is 92.2 cm³/mol. The van der Waals surface area contributed by atoms with Crippen LogP contribution in [0.4, 0.5) is 0 Å². The highest BCUT2D eigenvalue weighted by molar-refractivity contribution is 5.72. The molecule has 1 aromatic heterocycles. The zero-order chi connectivity index (χ0) is 16.5. The summed E-state index contributed by atoms with van der Waals surface area (Å²) in [7, 11) is 0. The predicted octanol–water partition coefficient (Wildman–Crippen LogP) is 4.75. The van der Waals surface area contributed by atoms with Gasteiger partial charge in [0.1, 0.15) is 0 Å². The Hall–Kier alpha value is -1.35. The highest BCUT2D eigenvalue weighted by Gasteiger charge is 2.40. The van der Waals surface area contributed by atoms with Crippen molar-refractivity contribution in [1.29, 1.82) is 0 Å². The van der Waals surface area contributed by atoms with Crippen LogP contribution in [0, 0.1) is 0 Å². The molecule has 0 aliphatic rings. The molecule has 0 radical (unpaired) electrons. The van der Waals surface area contributed by atoms with Gasteiger partial charge in [0.15, 0.2) is 16.6 Å². The topological polar surface area (TPSA) is 18.0 Å². The number of hydrogen-bond acceptors (Lipinski definition) is 1. The summed E-state index contributed by atoms with van der Waals surface area (Å²) >= 11 is 0. The first-order chi connectivity index (χ1) is 10.3. The molecular formula is C19H31N2O+. The minimum Gasteiger partial charge on any atom is -0.363 e. The molecule has 3 nitrogen and oxygen atoms in total. The Bertz CT molecular complexity index is 640. The Balaban J connectivity index is 2.88. The van der Waals surface area contributed by atoms with Gasteiger partial charge in [0.25, 0.3) is 5.82 Å². The number of ether oxygens (including phenoxy) is 1. The maximum atomic E-state index is 6.13. The molecule has 3 heteroatoms. The van der Waals surface area contributed by atoms with Crippen LogP contribution in [0.3, 0.4) is 0 Å². The van der Waals surface area contributed by atoms with Crippen molar-refractivity contribution in [3.63, 3.8) is 0 Å². The number of rotatable bonds is 6. The number of benzene rings is 1. The third-order valence-corrected chi connectivity index (χ3v) is 4.45. The molecule has 0 aliphatic heterocycles. The lowest BCUT2D eigenvalue weighted by molar-refractivity contribution is -0.709. The highest BCUT2D eigenvalue weighted by atomic mass is 16.5. The van der Waals surface area contributed by atoms with Crippen LogP contribution >= 0.6 is 0 Å². The molecule has 1 aromatic carbocycles. The standard InChI is InChI=1S/C19H31N2O/c1-8-15(5)21-17-13-11-10-12-16(17)20(14(3)4)18(21)19(6,7)22-9-2/h10-15H,8-9H2,1-7H3/q+1. The largest absolute Gasteiger partial charge is 0.363 e. The van der Waals surface area contributed by atoms with Gasteiger partial charge in [0.2, 0.25) is 0 Å². The van der Waals surface area contributed by atoms with E-state index in [9.17, 15) is 0 Å². The molecule has 0 amide bonds.